The average Bonchev–Trinajstić information content (AvgIpc) is 4.03. The van der Waals surface area contributed by atoms with Crippen LogP contribution in [0.15, 0.2) is 65.3 Å². The number of rotatable bonds is 12. The van der Waals surface area contributed by atoms with E-state index in [-0.39, 0.29) is 41.6 Å². The predicted molar refractivity (Wildman–Crippen MR) is 210 cm³/mol. The van der Waals surface area contributed by atoms with Gasteiger partial charge in [-0.2, -0.15) is 0 Å². The number of likely N-dealkylation sites (tertiary alicyclic amines) is 2. The SMILES string of the molecule is CC(=O)N[C@H](C(=O)N1CCC[C@H]1c1ncc(-c2ccc(-c3cc4cc(-c5cnc([C@@H]6CCCN6C(=O)[C@@H](NC(=O)CO)C(C)C)[nH]5)ccc4o3)cc2)[nH]1)C(C)C. The summed E-state index contributed by atoms with van der Waals surface area (Å²) >= 11 is 0. The lowest BCUT2D eigenvalue weighted by molar-refractivity contribution is -0.139. The van der Waals surface area contributed by atoms with Gasteiger partial charge in [0.25, 0.3) is 0 Å². The number of imidazole rings is 2. The van der Waals surface area contributed by atoms with Gasteiger partial charge in [-0.1, -0.05) is 52.0 Å². The molecule has 3 aromatic heterocycles. The van der Waals surface area contributed by atoms with Crippen LogP contribution in [0.4, 0.5) is 0 Å². The minimum Gasteiger partial charge on any atom is -0.456 e. The number of nitrogens with zero attached hydrogens (tertiary/aromatic N) is 4. The Balaban J connectivity index is 1.04. The van der Waals surface area contributed by atoms with Gasteiger partial charge in [0.05, 0.1) is 35.9 Å². The number of nitrogens with one attached hydrogen (secondary N) is 4. The number of aromatic nitrogens is 4. The molecular weight excluding hydrogens is 713 g/mol. The van der Waals surface area contributed by atoms with Gasteiger partial charge in [-0.05, 0) is 67.3 Å². The van der Waals surface area contributed by atoms with Crippen LogP contribution >= 0.6 is 0 Å². The van der Waals surface area contributed by atoms with Gasteiger partial charge in [0, 0.05) is 36.5 Å². The summed E-state index contributed by atoms with van der Waals surface area (Å²) in [5, 5.41) is 15.7. The van der Waals surface area contributed by atoms with Gasteiger partial charge in [-0.25, -0.2) is 9.97 Å². The highest BCUT2D eigenvalue weighted by atomic mass is 16.3. The zero-order chi connectivity index (χ0) is 39.7. The van der Waals surface area contributed by atoms with Gasteiger partial charge in [-0.3, -0.25) is 19.2 Å². The Hall–Kier alpha value is -5.76. The molecule has 14 nitrogen and oxygen atoms in total. The fourth-order valence-corrected chi connectivity index (χ4v) is 7.92. The van der Waals surface area contributed by atoms with E-state index < -0.39 is 24.6 Å². The summed E-state index contributed by atoms with van der Waals surface area (Å²) in [5.41, 5.74) is 5.21. The normalized spacial score (nSPS) is 18.2. The number of H-pyrrole nitrogens is 2. The third kappa shape index (κ3) is 7.83. The van der Waals surface area contributed by atoms with Gasteiger partial charge in [0.15, 0.2) is 0 Å². The quantitative estimate of drug-likeness (QED) is 0.110. The number of benzene rings is 2. The zero-order valence-corrected chi connectivity index (χ0v) is 32.5. The molecule has 2 saturated heterocycles. The fourth-order valence-electron chi connectivity index (χ4n) is 7.92. The summed E-state index contributed by atoms with van der Waals surface area (Å²) in [4.78, 5) is 70.6. The molecule has 0 unspecified atom stereocenters. The third-order valence-corrected chi connectivity index (χ3v) is 10.9. The van der Waals surface area contributed by atoms with Crippen molar-refractivity contribution in [1.82, 2.24) is 40.4 Å². The zero-order valence-electron chi connectivity index (χ0n) is 32.5. The number of aliphatic hydroxyl groups excluding tert-OH is 1. The third-order valence-electron chi connectivity index (χ3n) is 10.9. The number of hydrogen-bond acceptors (Lipinski definition) is 8. The molecule has 4 amide bonds. The maximum atomic E-state index is 13.5. The molecule has 56 heavy (non-hydrogen) atoms. The van der Waals surface area contributed by atoms with Crippen molar-refractivity contribution in [3.05, 3.63) is 72.6 Å². The first-order valence-corrected chi connectivity index (χ1v) is 19.4. The van der Waals surface area contributed by atoms with Crippen LogP contribution in [0.3, 0.4) is 0 Å². The van der Waals surface area contributed by atoms with E-state index in [2.05, 4.69) is 30.6 Å². The van der Waals surface area contributed by atoms with Crippen molar-refractivity contribution in [2.45, 2.75) is 84.5 Å². The molecule has 294 valence electrons. The molecule has 0 bridgehead atoms. The number of hydrogen-bond donors (Lipinski definition) is 5. The molecule has 4 atom stereocenters. The van der Waals surface area contributed by atoms with Gasteiger partial charge >= 0.3 is 0 Å². The van der Waals surface area contributed by atoms with E-state index in [0.717, 1.165) is 76.3 Å². The first kappa shape index (κ1) is 38.5. The van der Waals surface area contributed by atoms with Crippen molar-refractivity contribution in [3.63, 3.8) is 0 Å². The Morgan fingerprint density at radius 3 is 1.82 bits per heavy atom. The van der Waals surface area contributed by atoms with Crippen LogP contribution in [0.5, 0.6) is 0 Å². The predicted octanol–water partition coefficient (Wildman–Crippen LogP) is 5.50. The highest BCUT2D eigenvalue weighted by Crippen LogP contribution is 2.36. The molecule has 5 N–H and O–H groups in total. The minimum absolute atomic E-state index is 0.0364. The summed E-state index contributed by atoms with van der Waals surface area (Å²) in [5.74, 6) is 0.915. The summed E-state index contributed by atoms with van der Waals surface area (Å²) < 4.78 is 6.26. The van der Waals surface area contributed by atoms with Crippen LogP contribution in [-0.4, -0.2) is 90.3 Å². The first-order valence-electron chi connectivity index (χ1n) is 19.4. The van der Waals surface area contributed by atoms with Crippen LogP contribution in [-0.2, 0) is 19.2 Å². The van der Waals surface area contributed by atoms with E-state index in [1.807, 2.05) is 81.1 Å². The van der Waals surface area contributed by atoms with Gasteiger partial charge < -0.3 is 39.9 Å². The summed E-state index contributed by atoms with van der Waals surface area (Å²) in [7, 11) is 0. The van der Waals surface area contributed by atoms with Gasteiger partial charge in [0.2, 0.25) is 23.6 Å². The number of carbonyl (C=O) groups excluding carboxylic acids is 4. The Morgan fingerprint density at radius 1 is 0.768 bits per heavy atom. The fraction of sp³-hybridized carbons (Fsp3) is 0.429. The van der Waals surface area contributed by atoms with Crippen LogP contribution in [0.25, 0.3) is 44.8 Å². The monoisotopic (exact) mass is 762 g/mol. The molecule has 0 aliphatic carbocycles. The number of aromatic amines is 2. The highest BCUT2D eigenvalue weighted by molar-refractivity contribution is 5.89. The van der Waals surface area contributed by atoms with Crippen molar-refractivity contribution in [2.24, 2.45) is 11.8 Å². The topological polar surface area (TPSA) is 190 Å². The average molecular weight is 763 g/mol. The molecule has 14 heteroatoms. The minimum atomic E-state index is -0.732. The maximum Gasteiger partial charge on any atom is 0.246 e. The Bertz CT molecular complexity index is 2220. The molecule has 2 aromatic carbocycles. The van der Waals surface area contributed by atoms with E-state index in [1.54, 1.807) is 17.3 Å². The lowest BCUT2D eigenvalue weighted by Gasteiger charge is -2.30. The molecular formula is C42H50N8O6. The van der Waals surface area contributed by atoms with Gasteiger partial charge in [0.1, 0.15) is 41.7 Å². The summed E-state index contributed by atoms with van der Waals surface area (Å²) in [6, 6.07) is 14.3. The molecule has 0 saturated carbocycles. The summed E-state index contributed by atoms with van der Waals surface area (Å²) in [6.45, 7) is 9.56. The lowest BCUT2D eigenvalue weighted by Crippen LogP contribution is -2.51. The second-order valence-electron chi connectivity index (χ2n) is 15.6. The maximum absolute atomic E-state index is 13.5. The number of amides is 4. The molecule has 5 heterocycles. The molecule has 0 radical (unpaired) electrons. The Kier molecular flexibility index (Phi) is 11.1. The molecule has 0 spiro atoms. The van der Waals surface area contributed by atoms with Crippen LogP contribution in [0, 0.1) is 11.8 Å². The second kappa shape index (κ2) is 16.1. The smallest absolute Gasteiger partial charge is 0.246 e. The lowest BCUT2D eigenvalue weighted by atomic mass is 10.0. The highest BCUT2D eigenvalue weighted by Gasteiger charge is 2.38. The molecule has 2 fully saturated rings. The first-order chi connectivity index (χ1) is 26.9. The molecule has 5 aromatic rings. The van der Waals surface area contributed by atoms with Crippen LogP contribution in [0.1, 0.15) is 84.0 Å². The number of aliphatic hydroxyl groups is 1. The molecule has 2 aliphatic heterocycles. The van der Waals surface area contributed by atoms with Crippen molar-refractivity contribution in [2.75, 3.05) is 19.7 Å². The Labute approximate surface area is 325 Å². The number of carbonyl (C=O) groups is 4. The molecule has 2 aliphatic rings. The van der Waals surface area contributed by atoms with E-state index >= 15 is 0 Å². The summed E-state index contributed by atoms with van der Waals surface area (Å²) in [6.07, 6.45) is 6.81. The van der Waals surface area contributed by atoms with E-state index in [0.29, 0.717) is 18.9 Å². The van der Waals surface area contributed by atoms with E-state index in [4.69, 9.17) is 4.42 Å². The van der Waals surface area contributed by atoms with E-state index in [9.17, 15) is 24.3 Å². The van der Waals surface area contributed by atoms with Crippen molar-refractivity contribution < 1.29 is 28.7 Å². The standard InChI is InChI=1S/C42H50N8O6/c1-23(2)37(45-25(5)52)41(54)49-16-6-8-32(49)39-43-20-30(46-39)26-10-12-27(13-11-26)35-19-29-18-28(14-15-34(29)56-35)31-21-44-40(47-31)33-9-7-17-50(33)42(55)38(24(3)4)48-36(53)22-51/h10-15,18-21,23-24,32-33,37-38,51H,6-9,16-17,22H2,1-5H3,(H,43,46)(H,44,47)(H,45,52)(H,48,53)/t32-,33-,37-,38-/m0/s1. The van der Waals surface area contributed by atoms with Crippen molar-refractivity contribution >= 4 is 34.6 Å². The number of furan rings is 1. The van der Waals surface area contributed by atoms with Crippen LogP contribution in [0.2, 0.25) is 0 Å². The van der Waals surface area contributed by atoms with E-state index in [1.165, 1.54) is 6.92 Å². The Morgan fingerprint density at radius 2 is 1.29 bits per heavy atom. The van der Waals surface area contributed by atoms with Crippen molar-refractivity contribution in [1.29, 1.82) is 0 Å². The van der Waals surface area contributed by atoms with Crippen molar-refractivity contribution in [3.8, 4) is 33.8 Å². The van der Waals surface area contributed by atoms with Crippen LogP contribution < -0.4 is 10.6 Å². The second-order valence-corrected chi connectivity index (χ2v) is 15.6. The largest absolute Gasteiger partial charge is 0.456 e. The van der Waals surface area contributed by atoms with Gasteiger partial charge in [-0.15, -0.1) is 0 Å². The molecule has 7 rings (SSSR count). The number of fused-ring (bicyclic) bond motifs is 1.